The van der Waals surface area contributed by atoms with Crippen LogP contribution in [0.1, 0.15) is 30.7 Å². The maximum absolute atomic E-state index is 5.73. The van der Waals surface area contributed by atoms with E-state index in [1.165, 1.54) is 18.4 Å². The first-order valence-corrected chi connectivity index (χ1v) is 7.46. The minimum absolute atomic E-state index is 0.621. The van der Waals surface area contributed by atoms with Gasteiger partial charge in [-0.2, -0.15) is 0 Å². The molecule has 1 aliphatic heterocycles. The van der Waals surface area contributed by atoms with Gasteiger partial charge in [0.2, 0.25) is 0 Å². The molecule has 1 aromatic carbocycles. The van der Waals surface area contributed by atoms with Crippen molar-refractivity contribution in [3.63, 3.8) is 0 Å². The highest BCUT2D eigenvalue weighted by atomic mass is 16.5. The molecule has 19 heavy (non-hydrogen) atoms. The monoisotopic (exact) mass is 260 g/mol. The number of para-hydroxylation sites is 1. The molecule has 1 N–H and O–H groups in total. The summed E-state index contributed by atoms with van der Waals surface area (Å²) in [5.41, 5.74) is 1.38. The Labute approximate surface area is 115 Å². The van der Waals surface area contributed by atoms with E-state index in [0.29, 0.717) is 5.92 Å². The summed E-state index contributed by atoms with van der Waals surface area (Å²) >= 11 is 0. The third kappa shape index (κ3) is 3.48. The lowest BCUT2D eigenvalue weighted by atomic mass is 9.93. The van der Waals surface area contributed by atoms with Crippen LogP contribution in [0, 0.1) is 0 Å². The third-order valence-electron chi connectivity index (χ3n) is 4.12. The minimum Gasteiger partial charge on any atom is -0.493 e. The summed E-state index contributed by atoms with van der Waals surface area (Å²) in [5.74, 6) is 1.71. The molecule has 3 rings (SSSR count). The number of hydrogen-bond acceptors (Lipinski definition) is 3. The largest absolute Gasteiger partial charge is 0.493 e. The van der Waals surface area contributed by atoms with Crippen LogP contribution in [0.3, 0.4) is 0 Å². The Morgan fingerprint density at radius 2 is 2.11 bits per heavy atom. The number of benzene rings is 1. The van der Waals surface area contributed by atoms with Crippen LogP contribution in [0.2, 0.25) is 0 Å². The molecule has 0 bridgehead atoms. The van der Waals surface area contributed by atoms with E-state index in [1.54, 1.807) is 0 Å². The fraction of sp³-hybridized carbons (Fsp3) is 0.625. The molecule has 1 unspecified atom stereocenters. The summed E-state index contributed by atoms with van der Waals surface area (Å²) in [4.78, 5) is 2.45. The average Bonchev–Trinajstić information content (AvgIpc) is 3.23. The summed E-state index contributed by atoms with van der Waals surface area (Å²) in [5, 5.41) is 3.58. The molecule has 0 radical (unpaired) electrons. The van der Waals surface area contributed by atoms with Gasteiger partial charge in [-0.05, 0) is 37.9 Å². The van der Waals surface area contributed by atoms with Crippen molar-refractivity contribution < 1.29 is 4.74 Å². The highest BCUT2D eigenvalue weighted by Gasteiger charge is 2.23. The van der Waals surface area contributed by atoms with Gasteiger partial charge in [0.05, 0.1) is 6.61 Å². The SMILES string of the molecule is CN(CCNC1CC1)CC1CCOc2ccccc21. The molecule has 1 fully saturated rings. The predicted octanol–water partition coefficient (Wildman–Crippen LogP) is 2.24. The van der Waals surface area contributed by atoms with Crippen molar-refractivity contribution in [3.8, 4) is 5.75 Å². The number of hydrogen-bond donors (Lipinski definition) is 1. The lowest BCUT2D eigenvalue weighted by Crippen LogP contribution is -2.34. The zero-order chi connectivity index (χ0) is 13.1. The van der Waals surface area contributed by atoms with E-state index in [2.05, 4.69) is 41.5 Å². The van der Waals surface area contributed by atoms with Gasteiger partial charge in [0, 0.05) is 31.6 Å². The Bertz CT molecular complexity index is 417. The summed E-state index contributed by atoms with van der Waals surface area (Å²) < 4.78 is 5.73. The second kappa shape index (κ2) is 5.93. The molecule has 1 heterocycles. The van der Waals surface area contributed by atoms with Crippen LogP contribution < -0.4 is 10.1 Å². The van der Waals surface area contributed by atoms with Gasteiger partial charge < -0.3 is 15.0 Å². The second-order valence-corrected chi connectivity index (χ2v) is 5.86. The Kier molecular flexibility index (Phi) is 4.04. The van der Waals surface area contributed by atoms with Crippen molar-refractivity contribution in [3.05, 3.63) is 29.8 Å². The molecular formula is C16H24N2O. The Morgan fingerprint density at radius 3 is 2.95 bits per heavy atom. The Hall–Kier alpha value is -1.06. The van der Waals surface area contributed by atoms with Gasteiger partial charge in [0.1, 0.15) is 5.75 Å². The molecule has 0 saturated heterocycles. The third-order valence-corrected chi connectivity index (χ3v) is 4.12. The molecule has 104 valence electrons. The number of fused-ring (bicyclic) bond motifs is 1. The zero-order valence-electron chi connectivity index (χ0n) is 11.8. The Balaban J connectivity index is 1.51. The number of nitrogens with zero attached hydrogens (tertiary/aromatic N) is 1. The quantitative estimate of drug-likeness (QED) is 0.849. The number of rotatable bonds is 6. The highest BCUT2D eigenvalue weighted by Crippen LogP contribution is 2.33. The molecule has 1 atom stereocenters. The molecule has 2 aliphatic rings. The van der Waals surface area contributed by atoms with Crippen molar-refractivity contribution in [1.29, 1.82) is 0 Å². The lowest BCUT2D eigenvalue weighted by molar-refractivity contribution is 0.231. The normalized spacial score (nSPS) is 22.1. The van der Waals surface area contributed by atoms with Crippen molar-refractivity contribution in [1.82, 2.24) is 10.2 Å². The summed E-state index contributed by atoms with van der Waals surface area (Å²) in [6, 6.07) is 9.31. The number of likely N-dealkylation sites (N-methyl/N-ethyl adjacent to an activating group) is 1. The van der Waals surface area contributed by atoms with Gasteiger partial charge in [0.15, 0.2) is 0 Å². The van der Waals surface area contributed by atoms with Crippen LogP contribution in [-0.2, 0) is 0 Å². The molecular weight excluding hydrogens is 236 g/mol. The second-order valence-electron chi connectivity index (χ2n) is 5.86. The van der Waals surface area contributed by atoms with Crippen LogP contribution in [0.5, 0.6) is 5.75 Å². The average molecular weight is 260 g/mol. The van der Waals surface area contributed by atoms with Gasteiger partial charge in [0.25, 0.3) is 0 Å². The van der Waals surface area contributed by atoms with Crippen LogP contribution in [-0.4, -0.2) is 44.2 Å². The van der Waals surface area contributed by atoms with E-state index in [4.69, 9.17) is 4.74 Å². The van der Waals surface area contributed by atoms with E-state index >= 15 is 0 Å². The summed E-state index contributed by atoms with van der Waals surface area (Å²) in [6.07, 6.45) is 3.88. The van der Waals surface area contributed by atoms with Gasteiger partial charge in [-0.3, -0.25) is 0 Å². The first-order valence-electron chi connectivity index (χ1n) is 7.46. The first kappa shape index (κ1) is 12.9. The van der Waals surface area contributed by atoms with Crippen molar-refractivity contribution in [2.45, 2.75) is 31.2 Å². The first-order chi connectivity index (χ1) is 9.33. The smallest absolute Gasteiger partial charge is 0.122 e. The lowest BCUT2D eigenvalue weighted by Gasteiger charge is -2.29. The topological polar surface area (TPSA) is 24.5 Å². The molecule has 0 amide bonds. The zero-order valence-corrected chi connectivity index (χ0v) is 11.8. The predicted molar refractivity (Wildman–Crippen MR) is 77.8 cm³/mol. The fourth-order valence-corrected chi connectivity index (χ4v) is 2.82. The fourth-order valence-electron chi connectivity index (χ4n) is 2.82. The standard InChI is InChI=1S/C16H24N2O/c1-18(10-9-17-14-6-7-14)12-13-8-11-19-16-5-3-2-4-15(13)16/h2-5,13-14,17H,6-12H2,1H3. The minimum atomic E-state index is 0.621. The molecule has 3 nitrogen and oxygen atoms in total. The van der Waals surface area contributed by atoms with Crippen molar-refractivity contribution >= 4 is 0 Å². The molecule has 1 aromatic rings. The van der Waals surface area contributed by atoms with Crippen molar-refractivity contribution in [2.75, 3.05) is 33.3 Å². The van der Waals surface area contributed by atoms with Crippen LogP contribution in [0.4, 0.5) is 0 Å². The van der Waals surface area contributed by atoms with Crippen LogP contribution >= 0.6 is 0 Å². The van der Waals surface area contributed by atoms with E-state index < -0.39 is 0 Å². The van der Waals surface area contributed by atoms with E-state index in [0.717, 1.165) is 44.5 Å². The van der Waals surface area contributed by atoms with Crippen LogP contribution in [0.25, 0.3) is 0 Å². The van der Waals surface area contributed by atoms with E-state index in [9.17, 15) is 0 Å². The maximum atomic E-state index is 5.73. The van der Waals surface area contributed by atoms with Crippen LogP contribution in [0.15, 0.2) is 24.3 Å². The van der Waals surface area contributed by atoms with E-state index in [-0.39, 0.29) is 0 Å². The number of nitrogens with one attached hydrogen (secondary N) is 1. The Morgan fingerprint density at radius 1 is 1.26 bits per heavy atom. The molecule has 0 spiro atoms. The van der Waals surface area contributed by atoms with Gasteiger partial charge in [-0.15, -0.1) is 0 Å². The summed E-state index contributed by atoms with van der Waals surface area (Å²) in [6.45, 7) is 4.24. The molecule has 1 saturated carbocycles. The number of ether oxygens (including phenoxy) is 1. The summed E-state index contributed by atoms with van der Waals surface area (Å²) in [7, 11) is 2.23. The van der Waals surface area contributed by atoms with Gasteiger partial charge in [-0.1, -0.05) is 18.2 Å². The maximum Gasteiger partial charge on any atom is 0.122 e. The molecule has 1 aliphatic carbocycles. The highest BCUT2D eigenvalue weighted by molar-refractivity contribution is 5.37. The van der Waals surface area contributed by atoms with Gasteiger partial charge >= 0.3 is 0 Å². The van der Waals surface area contributed by atoms with Crippen molar-refractivity contribution in [2.24, 2.45) is 0 Å². The molecule has 3 heteroatoms. The van der Waals surface area contributed by atoms with E-state index in [1.807, 2.05) is 0 Å². The molecule has 0 aromatic heterocycles. The van der Waals surface area contributed by atoms with Gasteiger partial charge in [-0.25, -0.2) is 0 Å².